The lowest BCUT2D eigenvalue weighted by molar-refractivity contribution is 0.325. The molecule has 2 heteroatoms. The summed E-state index contributed by atoms with van der Waals surface area (Å²) in [5.74, 6) is 0.641. The first-order chi connectivity index (χ1) is 4.50. The van der Waals surface area contributed by atoms with Crippen LogP contribution in [-0.4, -0.2) is 11.6 Å². The van der Waals surface area contributed by atoms with E-state index in [2.05, 4.69) is 13.8 Å². The predicted octanol–water partition coefficient (Wildman–Crippen LogP) is 0.851. The molecular weight excluding hydrogens is 124 g/mol. The highest BCUT2D eigenvalue weighted by molar-refractivity contribution is 4.90. The first-order valence-electron chi connectivity index (χ1n) is 4.04. The van der Waals surface area contributed by atoms with E-state index in [4.69, 9.17) is 11.5 Å². The van der Waals surface area contributed by atoms with Gasteiger partial charge in [-0.3, -0.25) is 0 Å². The molecule has 2 nitrogen and oxygen atoms in total. The van der Waals surface area contributed by atoms with Crippen molar-refractivity contribution in [2.75, 3.05) is 0 Å². The van der Waals surface area contributed by atoms with Gasteiger partial charge in [-0.1, -0.05) is 0 Å². The normalized spacial score (nSPS) is 34.8. The minimum absolute atomic E-state index is 0.0197. The van der Waals surface area contributed by atoms with Crippen molar-refractivity contribution < 1.29 is 0 Å². The molecule has 2 unspecified atom stereocenters. The molecule has 1 aliphatic rings. The summed E-state index contributed by atoms with van der Waals surface area (Å²) < 4.78 is 0. The van der Waals surface area contributed by atoms with E-state index in [1.807, 2.05) is 0 Å². The summed E-state index contributed by atoms with van der Waals surface area (Å²) in [5.41, 5.74) is 11.7. The smallest absolute Gasteiger partial charge is 0.0126 e. The molecule has 1 saturated carbocycles. The monoisotopic (exact) mass is 142 g/mol. The van der Waals surface area contributed by atoms with E-state index in [1.54, 1.807) is 0 Å². The molecule has 4 N–H and O–H groups in total. The molecular formula is C8H18N2. The van der Waals surface area contributed by atoms with Gasteiger partial charge in [0.2, 0.25) is 0 Å². The maximum Gasteiger partial charge on any atom is 0.0126 e. The van der Waals surface area contributed by atoms with Crippen molar-refractivity contribution in [1.82, 2.24) is 0 Å². The molecule has 0 saturated heterocycles. The maximum absolute atomic E-state index is 5.95. The van der Waals surface area contributed by atoms with E-state index < -0.39 is 0 Å². The molecule has 0 spiro atoms. The molecule has 0 aliphatic heterocycles. The van der Waals surface area contributed by atoms with E-state index in [-0.39, 0.29) is 5.54 Å². The first kappa shape index (κ1) is 8.02. The highest BCUT2D eigenvalue weighted by atomic mass is 14.8. The third-order valence-electron chi connectivity index (χ3n) is 2.53. The summed E-state index contributed by atoms with van der Waals surface area (Å²) in [5, 5.41) is 0. The highest BCUT2D eigenvalue weighted by Crippen LogP contribution is 2.31. The lowest BCUT2D eigenvalue weighted by Crippen LogP contribution is -2.40. The number of nitrogens with two attached hydrogens (primary N) is 2. The number of hydrogen-bond acceptors (Lipinski definition) is 2. The van der Waals surface area contributed by atoms with Crippen LogP contribution in [0.3, 0.4) is 0 Å². The molecule has 0 radical (unpaired) electrons. The Labute approximate surface area is 63.0 Å². The van der Waals surface area contributed by atoms with Crippen LogP contribution < -0.4 is 11.5 Å². The van der Waals surface area contributed by atoms with Crippen molar-refractivity contribution in [2.24, 2.45) is 17.4 Å². The van der Waals surface area contributed by atoms with Crippen molar-refractivity contribution in [1.29, 1.82) is 0 Å². The van der Waals surface area contributed by atoms with Crippen LogP contribution in [0.4, 0.5) is 0 Å². The Kier molecular flexibility index (Phi) is 2.02. The van der Waals surface area contributed by atoms with Gasteiger partial charge in [-0.2, -0.15) is 0 Å². The van der Waals surface area contributed by atoms with Gasteiger partial charge in [0.25, 0.3) is 0 Å². The van der Waals surface area contributed by atoms with Gasteiger partial charge in [-0.05, 0) is 39.0 Å². The predicted molar refractivity (Wildman–Crippen MR) is 43.6 cm³/mol. The fourth-order valence-electron chi connectivity index (χ4n) is 1.69. The molecule has 0 bridgehead atoms. The summed E-state index contributed by atoms with van der Waals surface area (Å²) in [6.07, 6.45) is 3.49. The standard InChI is InChI=1S/C8H18N2/c1-8(2,10)6-3-4-7(9)5-6/h6-7H,3-5,9-10H2,1-2H3. The Morgan fingerprint density at radius 1 is 1.30 bits per heavy atom. The summed E-state index contributed by atoms with van der Waals surface area (Å²) in [6.45, 7) is 4.19. The Bertz CT molecular complexity index is 115. The number of rotatable bonds is 1. The quantitative estimate of drug-likeness (QED) is 0.570. The van der Waals surface area contributed by atoms with Gasteiger partial charge < -0.3 is 11.5 Å². The SMILES string of the molecule is CC(C)(N)C1CCC(N)C1. The molecule has 0 aromatic rings. The Hall–Kier alpha value is -0.0800. The molecule has 60 valence electrons. The Morgan fingerprint density at radius 2 is 1.90 bits per heavy atom. The van der Waals surface area contributed by atoms with Crippen LogP contribution in [0, 0.1) is 5.92 Å². The van der Waals surface area contributed by atoms with Crippen molar-refractivity contribution in [3.05, 3.63) is 0 Å². The van der Waals surface area contributed by atoms with Crippen LogP contribution in [0.5, 0.6) is 0 Å². The fourth-order valence-corrected chi connectivity index (χ4v) is 1.69. The summed E-state index contributed by atoms with van der Waals surface area (Å²) in [4.78, 5) is 0. The van der Waals surface area contributed by atoms with Gasteiger partial charge in [-0.15, -0.1) is 0 Å². The van der Waals surface area contributed by atoms with Crippen LogP contribution >= 0.6 is 0 Å². The summed E-state index contributed by atoms with van der Waals surface area (Å²) in [7, 11) is 0. The van der Waals surface area contributed by atoms with Gasteiger partial charge in [0, 0.05) is 11.6 Å². The van der Waals surface area contributed by atoms with Crippen LogP contribution in [0.1, 0.15) is 33.1 Å². The maximum atomic E-state index is 5.95. The van der Waals surface area contributed by atoms with Crippen LogP contribution in [0.25, 0.3) is 0 Å². The molecule has 2 atom stereocenters. The molecule has 1 aliphatic carbocycles. The highest BCUT2D eigenvalue weighted by Gasteiger charge is 2.31. The van der Waals surface area contributed by atoms with Gasteiger partial charge in [0.1, 0.15) is 0 Å². The lowest BCUT2D eigenvalue weighted by atomic mass is 9.87. The summed E-state index contributed by atoms with van der Waals surface area (Å²) in [6, 6.07) is 0.410. The van der Waals surface area contributed by atoms with Crippen LogP contribution in [0.2, 0.25) is 0 Å². The minimum Gasteiger partial charge on any atom is -0.328 e. The van der Waals surface area contributed by atoms with Crippen molar-refractivity contribution in [2.45, 2.75) is 44.7 Å². The van der Waals surface area contributed by atoms with E-state index >= 15 is 0 Å². The minimum atomic E-state index is -0.0197. The molecule has 0 aromatic heterocycles. The van der Waals surface area contributed by atoms with Crippen molar-refractivity contribution in [3.8, 4) is 0 Å². The van der Waals surface area contributed by atoms with Crippen molar-refractivity contribution in [3.63, 3.8) is 0 Å². The average Bonchev–Trinajstić information content (AvgIpc) is 2.11. The third-order valence-corrected chi connectivity index (χ3v) is 2.53. The van der Waals surface area contributed by atoms with E-state index in [9.17, 15) is 0 Å². The van der Waals surface area contributed by atoms with E-state index in [0.717, 1.165) is 12.8 Å². The first-order valence-corrected chi connectivity index (χ1v) is 4.04. The second-order valence-corrected chi connectivity index (χ2v) is 4.09. The van der Waals surface area contributed by atoms with Gasteiger partial charge in [0.05, 0.1) is 0 Å². The molecule has 1 rings (SSSR count). The largest absolute Gasteiger partial charge is 0.328 e. The molecule has 0 heterocycles. The Morgan fingerprint density at radius 3 is 2.10 bits per heavy atom. The topological polar surface area (TPSA) is 52.0 Å². The van der Waals surface area contributed by atoms with Gasteiger partial charge >= 0.3 is 0 Å². The van der Waals surface area contributed by atoms with Crippen LogP contribution in [0.15, 0.2) is 0 Å². The fraction of sp³-hybridized carbons (Fsp3) is 1.00. The molecule has 0 aromatic carbocycles. The van der Waals surface area contributed by atoms with E-state index in [1.165, 1.54) is 6.42 Å². The molecule has 0 amide bonds. The van der Waals surface area contributed by atoms with E-state index in [0.29, 0.717) is 12.0 Å². The third kappa shape index (κ3) is 1.70. The number of hydrogen-bond donors (Lipinski definition) is 2. The van der Waals surface area contributed by atoms with Gasteiger partial charge in [-0.25, -0.2) is 0 Å². The van der Waals surface area contributed by atoms with Crippen LogP contribution in [-0.2, 0) is 0 Å². The molecule has 10 heavy (non-hydrogen) atoms. The molecule has 1 fully saturated rings. The average molecular weight is 142 g/mol. The second kappa shape index (κ2) is 2.51. The zero-order chi connectivity index (χ0) is 7.78. The Balaban J connectivity index is 2.45. The van der Waals surface area contributed by atoms with Gasteiger partial charge in [0.15, 0.2) is 0 Å². The lowest BCUT2D eigenvalue weighted by Gasteiger charge is -2.26. The summed E-state index contributed by atoms with van der Waals surface area (Å²) >= 11 is 0. The van der Waals surface area contributed by atoms with Crippen molar-refractivity contribution >= 4 is 0 Å². The second-order valence-electron chi connectivity index (χ2n) is 4.09. The zero-order valence-corrected chi connectivity index (χ0v) is 6.93. The zero-order valence-electron chi connectivity index (χ0n) is 6.93.